The van der Waals surface area contributed by atoms with E-state index in [1.807, 2.05) is 0 Å². The first kappa shape index (κ1) is 14.7. The van der Waals surface area contributed by atoms with Crippen molar-refractivity contribution >= 4 is 92.8 Å². The van der Waals surface area contributed by atoms with Crippen molar-refractivity contribution in [3.05, 3.63) is 20.1 Å². The smallest absolute Gasteiger partial charge is 0.114 e. The van der Waals surface area contributed by atoms with Crippen LogP contribution in [0.1, 0.15) is 12.8 Å². The van der Waals surface area contributed by atoms with Crippen molar-refractivity contribution in [2.24, 2.45) is 0 Å². The number of halogens is 8. The minimum absolute atomic E-state index is 0.191. The Morgan fingerprint density at radius 2 is 1.22 bits per heavy atom. The molecule has 4 atom stereocenters. The molecule has 2 bridgehead atoms. The minimum Gasteiger partial charge on any atom is -0.114 e. The number of fused-ring (bicyclic) bond motifs is 5. The van der Waals surface area contributed by atoms with Crippen LogP contribution in [0.2, 0.25) is 0 Å². The van der Waals surface area contributed by atoms with Crippen LogP contribution in [0.15, 0.2) is 20.1 Å². The molecule has 3 rings (SSSR count). The highest BCUT2D eigenvalue weighted by molar-refractivity contribution is 6.61. The third kappa shape index (κ3) is 1.16. The average Bonchev–Trinajstić information content (AvgIpc) is 2.65. The second kappa shape index (κ2) is 3.76. The van der Waals surface area contributed by atoms with E-state index in [9.17, 15) is 0 Å². The molecule has 3 aliphatic carbocycles. The highest BCUT2D eigenvalue weighted by Crippen LogP contribution is 2.80. The molecule has 0 aromatic rings. The molecule has 0 saturated heterocycles. The van der Waals surface area contributed by atoms with Gasteiger partial charge in [-0.1, -0.05) is 46.4 Å². The SMILES string of the molecule is ClC1=C(Cl)[C@@]2(Cl)[C@](Cl)(C1)[C@]1(Cl)C[C@]2(Cl)C(Cl)=C1Cl. The van der Waals surface area contributed by atoms with Gasteiger partial charge in [-0.05, 0) is 6.42 Å². The fourth-order valence-corrected chi connectivity index (χ4v) is 7.27. The molecule has 0 radical (unpaired) electrons. The second-order valence-corrected chi connectivity index (χ2v) is 8.86. The van der Waals surface area contributed by atoms with Gasteiger partial charge in [-0.2, -0.15) is 0 Å². The van der Waals surface area contributed by atoms with E-state index in [2.05, 4.69) is 0 Å². The van der Waals surface area contributed by atoms with Gasteiger partial charge in [-0.15, -0.1) is 46.4 Å². The molecule has 1 fully saturated rings. The average molecular weight is 408 g/mol. The van der Waals surface area contributed by atoms with Crippen LogP contribution in [0.25, 0.3) is 0 Å². The van der Waals surface area contributed by atoms with Crippen LogP contribution in [0, 0.1) is 0 Å². The second-order valence-electron chi connectivity index (χ2n) is 4.76. The number of rotatable bonds is 0. The quantitative estimate of drug-likeness (QED) is 0.426. The van der Waals surface area contributed by atoms with Crippen LogP contribution >= 0.6 is 92.8 Å². The van der Waals surface area contributed by atoms with Crippen molar-refractivity contribution in [1.29, 1.82) is 0 Å². The monoisotopic (exact) mass is 404 g/mol. The fraction of sp³-hybridized carbons (Fsp3) is 0.600. The van der Waals surface area contributed by atoms with Crippen LogP contribution in [0.3, 0.4) is 0 Å². The van der Waals surface area contributed by atoms with E-state index in [0.717, 1.165) is 0 Å². The Balaban J connectivity index is 2.38. The van der Waals surface area contributed by atoms with Gasteiger partial charge in [0, 0.05) is 11.5 Å². The molecule has 0 aromatic heterocycles. The topological polar surface area (TPSA) is 0 Å². The molecule has 0 nitrogen and oxygen atoms in total. The van der Waals surface area contributed by atoms with Crippen LogP contribution in [0.4, 0.5) is 0 Å². The summed E-state index contributed by atoms with van der Waals surface area (Å²) in [4.78, 5) is -4.93. The molecule has 0 heterocycles. The lowest BCUT2D eigenvalue weighted by molar-refractivity contribution is 0.477. The lowest BCUT2D eigenvalue weighted by Crippen LogP contribution is -2.58. The van der Waals surface area contributed by atoms with Crippen molar-refractivity contribution in [2.45, 2.75) is 32.3 Å². The number of allylic oxidation sites excluding steroid dienone is 4. The third-order valence-electron chi connectivity index (χ3n) is 4.04. The summed E-state index contributed by atoms with van der Waals surface area (Å²) in [6, 6.07) is 0. The molecule has 0 N–H and O–H groups in total. The van der Waals surface area contributed by atoms with Gasteiger partial charge in [0.25, 0.3) is 0 Å². The molecular weight excluding hydrogens is 404 g/mol. The number of hydrogen-bond donors (Lipinski definition) is 0. The Morgan fingerprint density at radius 3 is 1.78 bits per heavy atom. The highest BCUT2D eigenvalue weighted by atomic mass is 35.5. The van der Waals surface area contributed by atoms with Crippen molar-refractivity contribution in [1.82, 2.24) is 0 Å². The zero-order valence-electron chi connectivity index (χ0n) is 8.44. The Morgan fingerprint density at radius 1 is 0.722 bits per heavy atom. The summed E-state index contributed by atoms with van der Waals surface area (Å²) in [7, 11) is 0. The van der Waals surface area contributed by atoms with E-state index in [0.29, 0.717) is 5.03 Å². The maximum Gasteiger partial charge on any atom is 0.127 e. The molecule has 0 spiro atoms. The summed E-state index contributed by atoms with van der Waals surface area (Å²) in [6.07, 6.45) is 0.422. The van der Waals surface area contributed by atoms with Gasteiger partial charge in [0.05, 0.1) is 20.0 Å². The molecule has 0 unspecified atom stereocenters. The highest BCUT2D eigenvalue weighted by Gasteiger charge is 2.85. The van der Waals surface area contributed by atoms with Crippen LogP contribution in [0.5, 0.6) is 0 Å². The summed E-state index contributed by atoms with van der Waals surface area (Å²) in [6.45, 7) is 0. The molecule has 8 heteroatoms. The van der Waals surface area contributed by atoms with Gasteiger partial charge in [-0.25, -0.2) is 0 Å². The van der Waals surface area contributed by atoms with E-state index < -0.39 is 19.5 Å². The first-order valence-electron chi connectivity index (χ1n) is 4.93. The maximum absolute atomic E-state index is 6.65. The van der Waals surface area contributed by atoms with Gasteiger partial charge < -0.3 is 0 Å². The number of hydrogen-bond acceptors (Lipinski definition) is 0. The Labute approximate surface area is 144 Å². The first-order valence-corrected chi connectivity index (χ1v) is 7.95. The summed E-state index contributed by atoms with van der Waals surface area (Å²) in [5, 5.41) is 0.951. The molecule has 0 amide bonds. The van der Waals surface area contributed by atoms with E-state index in [-0.39, 0.29) is 27.9 Å². The molecule has 100 valence electrons. The van der Waals surface area contributed by atoms with Gasteiger partial charge in [0.15, 0.2) is 0 Å². The minimum atomic E-state index is -1.35. The molecule has 0 aromatic carbocycles. The standard InChI is InChI=1S/C10H4Cl8/c11-3-1-9(17)7(15)2-8(16,6(14)5(7)13)10(9,18)4(3)12/h1-2H2/t7-,8-,9-,10-/m0/s1. The van der Waals surface area contributed by atoms with Crippen molar-refractivity contribution in [3.8, 4) is 0 Å². The van der Waals surface area contributed by atoms with E-state index in [1.54, 1.807) is 0 Å². The van der Waals surface area contributed by atoms with Gasteiger partial charge in [-0.3, -0.25) is 0 Å². The summed E-state index contributed by atoms with van der Waals surface area (Å²) in [5.41, 5.74) is 0. The normalized spacial score (nSPS) is 54.7. The molecule has 18 heavy (non-hydrogen) atoms. The lowest BCUT2D eigenvalue weighted by atomic mass is 9.82. The Hall–Kier alpha value is 1.80. The van der Waals surface area contributed by atoms with Gasteiger partial charge >= 0.3 is 0 Å². The van der Waals surface area contributed by atoms with Crippen LogP contribution in [-0.2, 0) is 0 Å². The number of alkyl halides is 4. The zero-order chi connectivity index (χ0) is 13.7. The predicted molar refractivity (Wildman–Crippen MR) is 81.0 cm³/mol. The van der Waals surface area contributed by atoms with Crippen LogP contribution in [-0.4, -0.2) is 19.5 Å². The molecule has 1 saturated carbocycles. The van der Waals surface area contributed by atoms with Crippen molar-refractivity contribution in [2.75, 3.05) is 0 Å². The van der Waals surface area contributed by atoms with Gasteiger partial charge in [0.2, 0.25) is 0 Å². The molecular formula is C10H4Cl8. The summed E-state index contributed by atoms with van der Waals surface area (Å²) < 4.78 is 0. The van der Waals surface area contributed by atoms with Crippen molar-refractivity contribution < 1.29 is 0 Å². The van der Waals surface area contributed by atoms with Gasteiger partial charge in [0.1, 0.15) is 14.6 Å². The molecule has 0 aliphatic heterocycles. The summed E-state index contributed by atoms with van der Waals surface area (Å²) >= 11 is 51.1. The Bertz CT molecular complexity index is 538. The largest absolute Gasteiger partial charge is 0.127 e. The van der Waals surface area contributed by atoms with E-state index in [1.165, 1.54) is 0 Å². The lowest BCUT2D eigenvalue weighted by Gasteiger charge is -2.46. The maximum atomic E-state index is 6.65. The first-order chi connectivity index (χ1) is 8.06. The van der Waals surface area contributed by atoms with E-state index >= 15 is 0 Å². The molecule has 3 aliphatic rings. The Kier molecular flexibility index (Phi) is 3.08. The van der Waals surface area contributed by atoms with Crippen molar-refractivity contribution in [3.63, 3.8) is 0 Å². The predicted octanol–water partition coefficient (Wildman–Crippen LogP) is 6.10. The van der Waals surface area contributed by atoms with E-state index in [4.69, 9.17) is 92.8 Å². The fourth-order valence-electron chi connectivity index (χ4n) is 3.10. The van der Waals surface area contributed by atoms with Crippen LogP contribution < -0.4 is 0 Å². The summed E-state index contributed by atoms with van der Waals surface area (Å²) in [5.74, 6) is 0. The third-order valence-corrected chi connectivity index (χ3v) is 9.49. The zero-order valence-corrected chi connectivity index (χ0v) is 14.5.